The molecule has 3 rings (SSSR count). The van der Waals surface area contributed by atoms with Crippen LogP contribution in [0.2, 0.25) is 0 Å². The Kier molecular flexibility index (Phi) is 4.06. The van der Waals surface area contributed by atoms with E-state index in [-0.39, 0.29) is 11.8 Å². The Morgan fingerprint density at radius 2 is 2.14 bits per heavy atom. The van der Waals surface area contributed by atoms with Crippen molar-refractivity contribution < 1.29 is 19.4 Å². The third-order valence-corrected chi connectivity index (χ3v) is 4.34. The highest BCUT2D eigenvalue weighted by Gasteiger charge is 2.22. The summed E-state index contributed by atoms with van der Waals surface area (Å²) in [6.45, 7) is 0. The topological polar surface area (TPSA) is 84.4 Å². The Morgan fingerprint density at radius 1 is 1.36 bits per heavy atom. The van der Waals surface area contributed by atoms with E-state index in [0.717, 1.165) is 22.9 Å². The van der Waals surface area contributed by atoms with Crippen LogP contribution in [0.4, 0.5) is 0 Å². The summed E-state index contributed by atoms with van der Waals surface area (Å²) in [5.41, 5.74) is 1.32. The van der Waals surface area contributed by atoms with Crippen molar-refractivity contribution in [3.05, 3.63) is 28.4 Å². The molecule has 0 bridgehead atoms. The van der Waals surface area contributed by atoms with E-state index in [4.69, 9.17) is 14.6 Å². The summed E-state index contributed by atoms with van der Waals surface area (Å²) in [6.07, 6.45) is 3.48. The van der Waals surface area contributed by atoms with Gasteiger partial charge in [0.1, 0.15) is 5.69 Å². The maximum atomic E-state index is 11.0. The van der Waals surface area contributed by atoms with Crippen LogP contribution in [-0.4, -0.2) is 34.5 Å². The van der Waals surface area contributed by atoms with E-state index in [1.165, 1.54) is 12.5 Å². The molecule has 1 aliphatic rings. The van der Waals surface area contributed by atoms with Crippen LogP contribution < -0.4 is 9.47 Å². The molecule has 1 aromatic carbocycles. The smallest absolute Gasteiger partial charge is 0.353 e. The zero-order valence-electron chi connectivity index (χ0n) is 11.9. The van der Waals surface area contributed by atoms with Gasteiger partial charge in [0.2, 0.25) is 0 Å². The highest BCUT2D eigenvalue weighted by Crippen LogP contribution is 2.40. The lowest BCUT2D eigenvalue weighted by molar-refractivity contribution is 0.0690. The Morgan fingerprint density at radius 3 is 2.68 bits per heavy atom. The van der Waals surface area contributed by atoms with Gasteiger partial charge in [0.15, 0.2) is 11.5 Å². The number of nitrogens with zero attached hydrogens (tertiary/aromatic N) is 1. The lowest BCUT2D eigenvalue weighted by atomic mass is 9.96. The number of benzene rings is 1. The monoisotopic (exact) mass is 366 g/mol. The number of rotatable bonds is 5. The lowest BCUT2D eigenvalue weighted by Gasteiger charge is -2.27. The first-order valence-electron chi connectivity index (χ1n) is 6.91. The minimum absolute atomic E-state index is 0.0409. The van der Waals surface area contributed by atoms with Gasteiger partial charge < -0.3 is 14.6 Å². The highest BCUT2D eigenvalue weighted by atomic mass is 79.9. The number of methoxy groups -OCH3 is 1. The van der Waals surface area contributed by atoms with Gasteiger partial charge in [-0.15, -0.1) is 0 Å². The molecule has 1 heterocycles. The van der Waals surface area contributed by atoms with Gasteiger partial charge in [-0.2, -0.15) is 5.10 Å². The molecule has 1 saturated carbocycles. The second-order valence-corrected chi connectivity index (χ2v) is 5.98. The normalized spacial score (nSPS) is 14.5. The minimum Gasteiger partial charge on any atom is -0.493 e. The van der Waals surface area contributed by atoms with Crippen molar-refractivity contribution >= 4 is 21.9 Å². The summed E-state index contributed by atoms with van der Waals surface area (Å²) in [7, 11) is 1.59. The Labute approximate surface area is 135 Å². The quantitative estimate of drug-likeness (QED) is 0.845. The fourth-order valence-corrected chi connectivity index (χ4v) is 2.75. The van der Waals surface area contributed by atoms with E-state index in [0.29, 0.717) is 17.2 Å². The summed E-state index contributed by atoms with van der Waals surface area (Å²) in [4.78, 5) is 11.0. The number of aromatic nitrogens is 2. The number of hydrogen-bond donors (Lipinski definition) is 2. The summed E-state index contributed by atoms with van der Waals surface area (Å²) in [5.74, 6) is 0.233. The first-order valence-corrected chi connectivity index (χ1v) is 7.71. The van der Waals surface area contributed by atoms with Crippen molar-refractivity contribution in [3.8, 4) is 22.8 Å². The van der Waals surface area contributed by atoms with Gasteiger partial charge in [-0.05, 0) is 53.4 Å². The molecule has 1 aromatic heterocycles. The lowest BCUT2D eigenvalue weighted by Crippen LogP contribution is -2.24. The number of halogens is 1. The molecule has 1 aliphatic carbocycles. The zero-order chi connectivity index (χ0) is 15.7. The van der Waals surface area contributed by atoms with Crippen LogP contribution in [0.5, 0.6) is 11.5 Å². The van der Waals surface area contributed by atoms with Crippen LogP contribution in [0, 0.1) is 0 Å². The summed E-state index contributed by atoms with van der Waals surface area (Å²) in [5, 5.41) is 15.5. The van der Waals surface area contributed by atoms with Crippen molar-refractivity contribution in [2.24, 2.45) is 0 Å². The minimum atomic E-state index is -1.05. The van der Waals surface area contributed by atoms with Gasteiger partial charge in [-0.3, -0.25) is 5.10 Å². The van der Waals surface area contributed by atoms with Crippen LogP contribution in [-0.2, 0) is 0 Å². The number of hydrogen-bond acceptors (Lipinski definition) is 4. The number of nitrogens with one attached hydrogen (secondary N) is 1. The van der Waals surface area contributed by atoms with E-state index in [2.05, 4.69) is 26.1 Å². The number of carbonyl (C=O) groups is 1. The van der Waals surface area contributed by atoms with Gasteiger partial charge in [0.05, 0.1) is 18.9 Å². The molecule has 7 heteroatoms. The SMILES string of the molecule is COc1cc(Br)c(-c2cc(C(=O)O)[nH]n2)cc1OC1CCC1. The average molecular weight is 367 g/mol. The third kappa shape index (κ3) is 2.81. The molecule has 0 aliphatic heterocycles. The molecule has 0 radical (unpaired) electrons. The zero-order valence-corrected chi connectivity index (χ0v) is 13.5. The molecule has 0 unspecified atom stereocenters. The molecule has 0 saturated heterocycles. The van der Waals surface area contributed by atoms with E-state index >= 15 is 0 Å². The molecule has 2 aromatic rings. The number of ether oxygens (including phenoxy) is 2. The second kappa shape index (κ2) is 6.00. The van der Waals surface area contributed by atoms with Crippen molar-refractivity contribution in [2.45, 2.75) is 25.4 Å². The van der Waals surface area contributed by atoms with Gasteiger partial charge in [0, 0.05) is 10.0 Å². The maximum absolute atomic E-state index is 11.0. The van der Waals surface area contributed by atoms with Crippen LogP contribution in [0.15, 0.2) is 22.7 Å². The molecular weight excluding hydrogens is 352 g/mol. The molecule has 0 spiro atoms. The standard InChI is InChI=1S/C15H15BrN2O4/c1-21-13-6-10(16)9(5-14(13)22-8-3-2-4-8)11-7-12(15(19)20)18-17-11/h5-8H,2-4H2,1H3,(H,17,18)(H,19,20). The highest BCUT2D eigenvalue weighted by molar-refractivity contribution is 9.10. The first-order chi connectivity index (χ1) is 10.6. The fourth-order valence-electron chi connectivity index (χ4n) is 2.22. The van der Waals surface area contributed by atoms with Crippen molar-refractivity contribution in [3.63, 3.8) is 0 Å². The van der Waals surface area contributed by atoms with E-state index in [9.17, 15) is 4.79 Å². The number of carboxylic acids is 1. The number of aromatic carboxylic acids is 1. The summed E-state index contributed by atoms with van der Waals surface area (Å²) >= 11 is 3.47. The first kappa shape index (κ1) is 14.9. The average Bonchev–Trinajstić information content (AvgIpc) is 2.93. The Bertz CT molecular complexity index is 710. The third-order valence-electron chi connectivity index (χ3n) is 3.68. The molecule has 1 fully saturated rings. The predicted molar refractivity (Wildman–Crippen MR) is 83.5 cm³/mol. The predicted octanol–water partition coefficient (Wildman–Crippen LogP) is 3.48. The van der Waals surface area contributed by atoms with Crippen molar-refractivity contribution in [2.75, 3.05) is 7.11 Å². The Balaban J connectivity index is 1.98. The number of carboxylic acid groups (broad SMARTS) is 1. The second-order valence-electron chi connectivity index (χ2n) is 5.13. The molecule has 116 valence electrons. The fraction of sp³-hybridized carbons (Fsp3) is 0.333. The van der Waals surface area contributed by atoms with E-state index in [1.54, 1.807) is 13.2 Å². The Hall–Kier alpha value is -2.02. The number of aromatic amines is 1. The molecule has 0 atom stereocenters. The maximum Gasteiger partial charge on any atom is 0.353 e. The van der Waals surface area contributed by atoms with Gasteiger partial charge in [-0.25, -0.2) is 4.79 Å². The van der Waals surface area contributed by atoms with E-state index < -0.39 is 5.97 Å². The van der Waals surface area contributed by atoms with Gasteiger partial charge >= 0.3 is 5.97 Å². The van der Waals surface area contributed by atoms with Gasteiger partial charge in [0.25, 0.3) is 0 Å². The molecule has 6 nitrogen and oxygen atoms in total. The van der Waals surface area contributed by atoms with Crippen LogP contribution in [0.1, 0.15) is 29.8 Å². The number of H-pyrrole nitrogens is 1. The van der Waals surface area contributed by atoms with Gasteiger partial charge in [-0.1, -0.05) is 0 Å². The summed E-state index contributed by atoms with van der Waals surface area (Å²) < 4.78 is 12.1. The van der Waals surface area contributed by atoms with Crippen molar-refractivity contribution in [1.82, 2.24) is 10.2 Å². The molecular formula is C15H15BrN2O4. The molecule has 0 amide bonds. The van der Waals surface area contributed by atoms with E-state index in [1.807, 2.05) is 6.07 Å². The van der Waals surface area contributed by atoms with Crippen LogP contribution >= 0.6 is 15.9 Å². The van der Waals surface area contributed by atoms with Crippen LogP contribution in [0.25, 0.3) is 11.3 Å². The molecule has 2 N–H and O–H groups in total. The van der Waals surface area contributed by atoms with Crippen molar-refractivity contribution in [1.29, 1.82) is 0 Å². The largest absolute Gasteiger partial charge is 0.493 e. The summed E-state index contributed by atoms with van der Waals surface area (Å²) in [6, 6.07) is 5.11. The molecule has 22 heavy (non-hydrogen) atoms. The van der Waals surface area contributed by atoms with Crippen LogP contribution in [0.3, 0.4) is 0 Å².